The number of allylic oxidation sites excluding steroid dienone is 5. The average molecular weight is 281 g/mol. The van der Waals surface area contributed by atoms with Gasteiger partial charge in [-0.05, 0) is 57.9 Å². The van der Waals surface area contributed by atoms with E-state index in [0.717, 1.165) is 11.1 Å². The lowest BCUT2D eigenvalue weighted by Crippen LogP contribution is -2.06. The molecular formula is C19H23NO. The molecule has 0 saturated heterocycles. The first-order valence-electron chi connectivity index (χ1n) is 7.16. The molecule has 0 aliphatic carbocycles. The molecule has 0 aromatic heterocycles. The highest BCUT2D eigenvalue weighted by Gasteiger charge is 2.05. The second kappa shape index (κ2) is 8.11. The van der Waals surface area contributed by atoms with Crippen molar-refractivity contribution in [1.82, 2.24) is 0 Å². The first-order chi connectivity index (χ1) is 9.96. The fraction of sp³-hybridized carbons (Fsp3) is 0.316. The molecule has 0 radical (unpaired) electrons. The van der Waals surface area contributed by atoms with Crippen LogP contribution in [0.25, 0.3) is 6.08 Å². The van der Waals surface area contributed by atoms with E-state index in [1.165, 1.54) is 5.57 Å². The van der Waals surface area contributed by atoms with Crippen molar-refractivity contribution in [1.29, 1.82) is 5.26 Å². The minimum absolute atomic E-state index is 0.0609. The SMILES string of the molecule is C/C=C(C=C(C)C)/C=C/c1ccc(OC(C)C)c(C#N)c1. The van der Waals surface area contributed by atoms with Crippen molar-refractivity contribution >= 4 is 6.08 Å². The third-order valence-electron chi connectivity index (χ3n) is 2.74. The molecule has 0 saturated carbocycles. The van der Waals surface area contributed by atoms with Gasteiger partial charge >= 0.3 is 0 Å². The molecule has 2 heteroatoms. The molecule has 21 heavy (non-hydrogen) atoms. The normalized spacial score (nSPS) is 11.6. The molecule has 0 aliphatic rings. The zero-order chi connectivity index (χ0) is 15.8. The number of nitrogens with zero attached hydrogens (tertiary/aromatic N) is 1. The first-order valence-corrected chi connectivity index (χ1v) is 7.16. The molecule has 1 aromatic rings. The maximum Gasteiger partial charge on any atom is 0.137 e. The van der Waals surface area contributed by atoms with Crippen LogP contribution in [0, 0.1) is 11.3 Å². The Balaban J connectivity index is 3.01. The quantitative estimate of drug-likeness (QED) is 0.689. The summed E-state index contributed by atoms with van der Waals surface area (Å²) in [6.45, 7) is 10.1. The van der Waals surface area contributed by atoms with E-state index in [0.29, 0.717) is 11.3 Å². The van der Waals surface area contributed by atoms with Gasteiger partial charge in [-0.1, -0.05) is 35.9 Å². The summed E-state index contributed by atoms with van der Waals surface area (Å²) in [4.78, 5) is 0. The summed E-state index contributed by atoms with van der Waals surface area (Å²) in [5.41, 5.74) is 3.96. The van der Waals surface area contributed by atoms with Crippen molar-refractivity contribution in [2.45, 2.75) is 40.7 Å². The molecule has 2 nitrogen and oxygen atoms in total. The van der Waals surface area contributed by atoms with Gasteiger partial charge in [0.05, 0.1) is 11.7 Å². The van der Waals surface area contributed by atoms with Crippen LogP contribution in [-0.4, -0.2) is 6.10 Å². The fourth-order valence-corrected chi connectivity index (χ4v) is 1.85. The number of ether oxygens (including phenoxy) is 1. The highest BCUT2D eigenvalue weighted by atomic mass is 16.5. The molecule has 110 valence electrons. The summed E-state index contributed by atoms with van der Waals surface area (Å²) in [5.74, 6) is 0.639. The lowest BCUT2D eigenvalue weighted by molar-refractivity contribution is 0.241. The number of benzene rings is 1. The largest absolute Gasteiger partial charge is 0.490 e. The molecule has 1 rings (SSSR count). The van der Waals surface area contributed by atoms with Gasteiger partial charge in [0.25, 0.3) is 0 Å². The van der Waals surface area contributed by atoms with E-state index in [1.54, 1.807) is 0 Å². The van der Waals surface area contributed by atoms with Gasteiger partial charge in [0, 0.05) is 0 Å². The third-order valence-corrected chi connectivity index (χ3v) is 2.74. The number of nitriles is 1. The maximum atomic E-state index is 9.22. The van der Waals surface area contributed by atoms with Crippen molar-refractivity contribution in [3.63, 3.8) is 0 Å². The van der Waals surface area contributed by atoms with Crippen molar-refractivity contribution in [3.05, 3.63) is 58.7 Å². The van der Waals surface area contributed by atoms with Crippen molar-refractivity contribution in [3.8, 4) is 11.8 Å². The van der Waals surface area contributed by atoms with E-state index in [4.69, 9.17) is 4.74 Å². The summed E-state index contributed by atoms with van der Waals surface area (Å²) in [5, 5.41) is 9.22. The molecule has 0 spiro atoms. The molecule has 0 heterocycles. The van der Waals surface area contributed by atoms with Gasteiger partial charge in [-0.3, -0.25) is 0 Å². The minimum atomic E-state index is 0.0609. The first kappa shape index (κ1) is 16.8. The average Bonchev–Trinajstić information content (AvgIpc) is 2.43. The second-order valence-electron chi connectivity index (χ2n) is 5.38. The Morgan fingerprint density at radius 1 is 1.29 bits per heavy atom. The molecule has 0 unspecified atom stereocenters. The van der Waals surface area contributed by atoms with Gasteiger partial charge in [0.1, 0.15) is 11.8 Å². The van der Waals surface area contributed by atoms with E-state index in [-0.39, 0.29) is 6.10 Å². The van der Waals surface area contributed by atoms with E-state index in [9.17, 15) is 5.26 Å². The van der Waals surface area contributed by atoms with Gasteiger partial charge in [0.15, 0.2) is 0 Å². The second-order valence-corrected chi connectivity index (χ2v) is 5.38. The van der Waals surface area contributed by atoms with E-state index in [2.05, 4.69) is 32.1 Å². The summed E-state index contributed by atoms with van der Waals surface area (Å²) in [7, 11) is 0. The lowest BCUT2D eigenvalue weighted by atomic mass is 10.1. The van der Waals surface area contributed by atoms with Crippen LogP contribution in [0.15, 0.2) is 47.6 Å². The van der Waals surface area contributed by atoms with Crippen LogP contribution in [0.3, 0.4) is 0 Å². The van der Waals surface area contributed by atoms with E-state index < -0.39 is 0 Å². The smallest absolute Gasteiger partial charge is 0.137 e. The minimum Gasteiger partial charge on any atom is -0.490 e. The predicted molar refractivity (Wildman–Crippen MR) is 89.1 cm³/mol. The zero-order valence-electron chi connectivity index (χ0n) is 13.5. The summed E-state index contributed by atoms with van der Waals surface area (Å²) < 4.78 is 5.62. The molecule has 0 atom stereocenters. The molecule has 0 amide bonds. The monoisotopic (exact) mass is 281 g/mol. The zero-order valence-corrected chi connectivity index (χ0v) is 13.5. The Morgan fingerprint density at radius 3 is 2.52 bits per heavy atom. The molecule has 0 N–H and O–H groups in total. The molecule has 1 aromatic carbocycles. The van der Waals surface area contributed by atoms with Crippen molar-refractivity contribution in [2.24, 2.45) is 0 Å². The molecular weight excluding hydrogens is 258 g/mol. The Kier molecular flexibility index (Phi) is 6.49. The Labute approximate surface area is 128 Å². The van der Waals surface area contributed by atoms with Gasteiger partial charge in [0.2, 0.25) is 0 Å². The van der Waals surface area contributed by atoms with E-state index >= 15 is 0 Å². The number of hydrogen-bond donors (Lipinski definition) is 0. The van der Waals surface area contributed by atoms with Gasteiger partial charge in [-0.15, -0.1) is 0 Å². The highest BCUT2D eigenvalue weighted by Crippen LogP contribution is 2.21. The fourth-order valence-electron chi connectivity index (χ4n) is 1.85. The molecule has 0 fully saturated rings. The summed E-state index contributed by atoms with van der Waals surface area (Å²) in [6.07, 6.45) is 8.30. The standard InChI is InChI=1S/C19H23NO/c1-6-16(11-14(2)3)7-8-17-9-10-19(21-15(4)5)18(12-17)13-20/h6-12,15H,1-5H3/b8-7+,16-6-. The molecule has 0 bridgehead atoms. The lowest BCUT2D eigenvalue weighted by Gasteiger charge is -2.11. The third kappa shape index (κ3) is 5.71. The summed E-state index contributed by atoms with van der Waals surface area (Å²) >= 11 is 0. The topological polar surface area (TPSA) is 33.0 Å². The van der Waals surface area contributed by atoms with E-state index in [1.807, 2.05) is 51.1 Å². The molecule has 0 aliphatic heterocycles. The van der Waals surface area contributed by atoms with Gasteiger partial charge < -0.3 is 4.74 Å². The van der Waals surface area contributed by atoms with Crippen LogP contribution in [0.4, 0.5) is 0 Å². The Hall–Kier alpha value is -2.27. The van der Waals surface area contributed by atoms with Gasteiger partial charge in [-0.25, -0.2) is 0 Å². The highest BCUT2D eigenvalue weighted by molar-refractivity contribution is 5.59. The van der Waals surface area contributed by atoms with Crippen LogP contribution < -0.4 is 4.74 Å². The number of rotatable bonds is 5. The summed E-state index contributed by atoms with van der Waals surface area (Å²) in [6, 6.07) is 7.86. The van der Waals surface area contributed by atoms with Crippen molar-refractivity contribution in [2.75, 3.05) is 0 Å². The van der Waals surface area contributed by atoms with Gasteiger partial charge in [-0.2, -0.15) is 5.26 Å². The maximum absolute atomic E-state index is 9.22. The van der Waals surface area contributed by atoms with Crippen LogP contribution in [-0.2, 0) is 0 Å². The predicted octanol–water partition coefficient (Wildman–Crippen LogP) is 5.27. The van der Waals surface area contributed by atoms with Crippen LogP contribution in [0.2, 0.25) is 0 Å². The number of hydrogen-bond acceptors (Lipinski definition) is 2. The Bertz CT molecular complexity index is 609. The van der Waals surface area contributed by atoms with Crippen LogP contribution in [0.5, 0.6) is 5.75 Å². The Morgan fingerprint density at radius 2 is 2.00 bits per heavy atom. The van der Waals surface area contributed by atoms with Crippen LogP contribution >= 0.6 is 0 Å². The van der Waals surface area contributed by atoms with Crippen molar-refractivity contribution < 1.29 is 4.74 Å². The van der Waals surface area contributed by atoms with Crippen LogP contribution in [0.1, 0.15) is 45.7 Å².